The molecule has 0 fully saturated rings. The minimum Gasteiger partial charge on any atom is -0.379 e. The molecule has 0 atom stereocenters. The van der Waals surface area contributed by atoms with Gasteiger partial charge in [0.25, 0.3) is 0 Å². The van der Waals surface area contributed by atoms with Crippen LogP contribution in [0.5, 0.6) is 0 Å². The van der Waals surface area contributed by atoms with Gasteiger partial charge in [-0.1, -0.05) is 84.5 Å². The maximum atomic E-state index is 5.62. The van der Waals surface area contributed by atoms with E-state index in [4.69, 9.17) is 47.4 Å². The highest BCUT2D eigenvalue weighted by Gasteiger charge is 1.97. The molecule has 0 heterocycles. The smallest absolute Gasteiger partial charge is 0.0701 e. The van der Waals surface area contributed by atoms with E-state index in [1.54, 1.807) is 0 Å². The molecule has 0 unspecified atom stereocenters. The minimum atomic E-state index is 0.535. The Bertz CT molecular complexity index is 459. The van der Waals surface area contributed by atoms with E-state index in [1.165, 1.54) is 70.6 Å². The highest BCUT2D eigenvalue weighted by Crippen LogP contribution is 2.08. The quantitative estimate of drug-likeness (QED) is 0.0704. The monoisotopic (exact) mass is 653 g/mol. The topological polar surface area (TPSA) is 92.3 Å². The normalized spacial score (nSPS) is 11.6. The highest BCUT2D eigenvalue weighted by molar-refractivity contribution is 4.46. The zero-order chi connectivity index (χ0) is 32.4. The predicted octanol–water partition coefficient (Wildman–Crippen LogP) is 6.26. The van der Waals surface area contributed by atoms with Gasteiger partial charge in [0.1, 0.15) is 0 Å². The molecule has 0 rings (SSSR count). The van der Waals surface area contributed by atoms with E-state index in [-0.39, 0.29) is 0 Å². The van der Waals surface area contributed by atoms with Gasteiger partial charge in [-0.15, -0.1) is 0 Å². The van der Waals surface area contributed by atoms with Crippen molar-refractivity contribution < 1.29 is 47.4 Å². The lowest BCUT2D eigenvalue weighted by Crippen LogP contribution is -2.15. The minimum absolute atomic E-state index is 0.535. The second kappa shape index (κ2) is 43.6. The number of unbranched alkanes of at least 4 members (excludes halogenated alkanes) is 11. The zero-order valence-corrected chi connectivity index (χ0v) is 29.4. The van der Waals surface area contributed by atoms with Crippen LogP contribution in [0.4, 0.5) is 0 Å². The molecule has 0 saturated carbocycles. The van der Waals surface area contributed by atoms with Crippen molar-refractivity contribution in [2.24, 2.45) is 0 Å². The van der Waals surface area contributed by atoms with Gasteiger partial charge in [-0.2, -0.15) is 0 Å². The van der Waals surface area contributed by atoms with Gasteiger partial charge >= 0.3 is 0 Å². The van der Waals surface area contributed by atoms with E-state index in [2.05, 4.69) is 13.8 Å². The molecule has 0 aromatic carbocycles. The first-order valence-electron chi connectivity index (χ1n) is 18.2. The van der Waals surface area contributed by atoms with Crippen LogP contribution in [-0.4, -0.2) is 132 Å². The van der Waals surface area contributed by atoms with Crippen molar-refractivity contribution in [3.63, 3.8) is 0 Å². The lowest BCUT2D eigenvalue weighted by molar-refractivity contribution is -0.0264. The van der Waals surface area contributed by atoms with Crippen LogP contribution < -0.4 is 0 Å². The molecule has 0 spiro atoms. The lowest BCUT2D eigenvalue weighted by Gasteiger charge is -2.09. The summed E-state index contributed by atoms with van der Waals surface area (Å²) < 4.78 is 55.2. The first-order valence-corrected chi connectivity index (χ1v) is 18.2. The summed E-state index contributed by atoms with van der Waals surface area (Å²) in [6.07, 6.45) is 16.9. The van der Waals surface area contributed by atoms with Crippen LogP contribution >= 0.6 is 0 Å². The summed E-state index contributed by atoms with van der Waals surface area (Å²) in [6, 6.07) is 0. The fourth-order valence-corrected chi connectivity index (χ4v) is 4.23. The summed E-state index contributed by atoms with van der Waals surface area (Å²) in [5, 5.41) is 0. The summed E-state index contributed by atoms with van der Waals surface area (Å²) in [5.74, 6) is 0. The molecule has 0 saturated heterocycles. The molecule has 0 aromatic rings. The first kappa shape index (κ1) is 44.6. The van der Waals surface area contributed by atoms with Crippen molar-refractivity contribution in [2.75, 3.05) is 132 Å². The largest absolute Gasteiger partial charge is 0.379 e. The van der Waals surface area contributed by atoms with Crippen LogP contribution in [0, 0.1) is 0 Å². The predicted molar refractivity (Wildman–Crippen MR) is 180 cm³/mol. The van der Waals surface area contributed by atoms with Crippen molar-refractivity contribution in [2.45, 2.75) is 97.3 Å². The fraction of sp³-hybridized carbons (Fsp3) is 1.00. The molecular weight excluding hydrogens is 580 g/mol. The van der Waals surface area contributed by atoms with E-state index >= 15 is 0 Å². The van der Waals surface area contributed by atoms with Gasteiger partial charge in [0.2, 0.25) is 0 Å². The Morgan fingerprint density at radius 3 is 0.533 bits per heavy atom. The third kappa shape index (κ3) is 43.6. The molecule has 272 valence electrons. The maximum Gasteiger partial charge on any atom is 0.0701 e. The fourth-order valence-electron chi connectivity index (χ4n) is 4.23. The van der Waals surface area contributed by atoms with E-state index in [9.17, 15) is 0 Å². The Morgan fingerprint density at radius 2 is 0.333 bits per heavy atom. The summed E-state index contributed by atoms with van der Waals surface area (Å²) >= 11 is 0. The van der Waals surface area contributed by atoms with Crippen LogP contribution in [0.1, 0.15) is 97.3 Å². The molecule has 10 nitrogen and oxygen atoms in total. The SMILES string of the molecule is CCCCCCCCCCOCCOCCOCCOCCOCCOCCOCCOCCOCCOCCCCCCC. The van der Waals surface area contributed by atoms with E-state index in [1.807, 2.05) is 0 Å². The zero-order valence-electron chi connectivity index (χ0n) is 29.4. The third-order valence-corrected chi connectivity index (χ3v) is 6.88. The standard InChI is InChI=1S/C35H72O10/c1-3-5-7-9-10-11-13-15-17-37-19-21-39-23-25-41-27-29-43-31-33-45-35-34-44-32-30-42-28-26-40-24-22-38-20-18-36-16-14-12-8-6-4-2/h3-35H2,1-2H3. The second-order valence-corrected chi connectivity index (χ2v) is 11.0. The average Bonchev–Trinajstić information content (AvgIpc) is 3.05. The molecule has 0 aliphatic rings. The van der Waals surface area contributed by atoms with Gasteiger partial charge < -0.3 is 47.4 Å². The van der Waals surface area contributed by atoms with E-state index in [0.717, 1.165) is 26.1 Å². The van der Waals surface area contributed by atoms with Crippen LogP contribution in [0.3, 0.4) is 0 Å². The van der Waals surface area contributed by atoms with Gasteiger partial charge in [0.15, 0.2) is 0 Å². The van der Waals surface area contributed by atoms with Crippen LogP contribution in [0.15, 0.2) is 0 Å². The summed E-state index contributed by atoms with van der Waals surface area (Å²) in [4.78, 5) is 0. The number of hydrogen-bond acceptors (Lipinski definition) is 10. The molecule has 0 radical (unpaired) electrons. The second-order valence-electron chi connectivity index (χ2n) is 11.0. The highest BCUT2D eigenvalue weighted by atomic mass is 16.6. The number of ether oxygens (including phenoxy) is 10. The Labute approximate surface area is 276 Å². The Hall–Kier alpha value is -0.400. The number of hydrogen-bond donors (Lipinski definition) is 0. The molecule has 0 amide bonds. The Kier molecular flexibility index (Phi) is 43.2. The van der Waals surface area contributed by atoms with Crippen molar-refractivity contribution in [3.05, 3.63) is 0 Å². The van der Waals surface area contributed by atoms with Crippen molar-refractivity contribution >= 4 is 0 Å². The Balaban J connectivity index is 3.03. The molecule has 0 aliphatic carbocycles. The van der Waals surface area contributed by atoms with Gasteiger partial charge in [-0.25, -0.2) is 0 Å². The van der Waals surface area contributed by atoms with Crippen molar-refractivity contribution in [1.29, 1.82) is 0 Å². The van der Waals surface area contributed by atoms with Crippen LogP contribution in [0.25, 0.3) is 0 Å². The molecule has 0 aromatic heterocycles. The van der Waals surface area contributed by atoms with Gasteiger partial charge in [0.05, 0.1) is 119 Å². The van der Waals surface area contributed by atoms with Gasteiger partial charge in [-0.05, 0) is 12.8 Å². The first-order chi connectivity index (χ1) is 22.4. The molecule has 10 heteroatoms. The van der Waals surface area contributed by atoms with E-state index < -0.39 is 0 Å². The van der Waals surface area contributed by atoms with Crippen molar-refractivity contribution in [1.82, 2.24) is 0 Å². The van der Waals surface area contributed by atoms with Crippen molar-refractivity contribution in [3.8, 4) is 0 Å². The van der Waals surface area contributed by atoms with Crippen LogP contribution in [-0.2, 0) is 47.4 Å². The molecule has 0 bridgehead atoms. The summed E-state index contributed by atoms with van der Waals surface area (Å²) in [5.41, 5.74) is 0. The van der Waals surface area contributed by atoms with Gasteiger partial charge in [-0.3, -0.25) is 0 Å². The summed E-state index contributed by atoms with van der Waals surface area (Å²) in [7, 11) is 0. The number of rotatable bonds is 42. The lowest BCUT2D eigenvalue weighted by atomic mass is 10.1. The maximum absolute atomic E-state index is 5.62. The van der Waals surface area contributed by atoms with E-state index in [0.29, 0.717) is 119 Å². The molecule has 0 aliphatic heterocycles. The molecule has 45 heavy (non-hydrogen) atoms. The summed E-state index contributed by atoms with van der Waals surface area (Å²) in [6.45, 7) is 16.4. The third-order valence-electron chi connectivity index (χ3n) is 6.88. The Morgan fingerprint density at radius 1 is 0.178 bits per heavy atom. The molecular formula is C35H72O10. The van der Waals surface area contributed by atoms with Crippen LogP contribution in [0.2, 0.25) is 0 Å². The average molecular weight is 653 g/mol. The molecule has 0 N–H and O–H groups in total. The van der Waals surface area contributed by atoms with Gasteiger partial charge in [0, 0.05) is 13.2 Å².